The molecule has 0 spiro atoms. The Morgan fingerprint density at radius 2 is 2.12 bits per heavy atom. The third-order valence-electron chi connectivity index (χ3n) is 6.43. The highest BCUT2D eigenvalue weighted by Crippen LogP contribution is 2.48. The van der Waals surface area contributed by atoms with Crippen LogP contribution in [-0.4, -0.2) is 33.9 Å². The Bertz CT molecular complexity index is 665. The number of amides is 1. The van der Waals surface area contributed by atoms with E-state index in [-0.39, 0.29) is 12.0 Å². The number of anilines is 1. The zero-order valence-corrected chi connectivity index (χ0v) is 14.4. The van der Waals surface area contributed by atoms with Crippen LogP contribution in [0.2, 0.25) is 0 Å². The van der Waals surface area contributed by atoms with E-state index in [0.717, 1.165) is 56.6 Å². The van der Waals surface area contributed by atoms with Gasteiger partial charge in [0.2, 0.25) is 11.9 Å². The molecule has 2 aliphatic heterocycles. The molecule has 1 saturated heterocycles. The summed E-state index contributed by atoms with van der Waals surface area (Å²) in [6, 6.07) is 0.214. The number of nitrogens with one attached hydrogen (secondary N) is 1. The number of hydrogen-bond donors (Lipinski definition) is 1. The van der Waals surface area contributed by atoms with Crippen molar-refractivity contribution in [3.05, 3.63) is 17.5 Å². The minimum atomic E-state index is 0.214. The average Bonchev–Trinajstić information content (AvgIpc) is 3.41. The molecule has 3 heterocycles. The predicted molar refractivity (Wildman–Crippen MR) is 91.6 cm³/mol. The molecule has 3 fully saturated rings. The number of piperidine rings is 1. The zero-order valence-electron chi connectivity index (χ0n) is 14.4. The lowest BCUT2D eigenvalue weighted by molar-refractivity contribution is -0.145. The lowest BCUT2D eigenvalue weighted by Crippen LogP contribution is -2.50. The Morgan fingerprint density at radius 1 is 1.29 bits per heavy atom. The maximum atomic E-state index is 12.8. The van der Waals surface area contributed by atoms with Crippen LogP contribution in [-0.2, 0) is 4.79 Å². The van der Waals surface area contributed by atoms with Gasteiger partial charge >= 0.3 is 0 Å². The number of nitrogens with zero attached hydrogens (tertiary/aromatic N) is 3. The van der Waals surface area contributed by atoms with Gasteiger partial charge in [0, 0.05) is 36.7 Å². The number of carbonyl (C=O) groups excluding carboxylic acids is 1. The Kier molecular flexibility index (Phi) is 3.32. The first kappa shape index (κ1) is 14.7. The van der Waals surface area contributed by atoms with Crippen molar-refractivity contribution in [1.29, 1.82) is 0 Å². The van der Waals surface area contributed by atoms with E-state index >= 15 is 0 Å². The Morgan fingerprint density at radius 3 is 2.88 bits per heavy atom. The maximum Gasteiger partial charge on any atom is 0.226 e. The van der Waals surface area contributed by atoms with Crippen molar-refractivity contribution < 1.29 is 4.79 Å². The van der Waals surface area contributed by atoms with E-state index in [9.17, 15) is 4.79 Å². The molecular formula is C19H26N4O. The molecule has 1 aromatic heterocycles. The fourth-order valence-corrected chi connectivity index (χ4v) is 4.73. The second-order valence-electron chi connectivity index (χ2n) is 8.41. The summed E-state index contributed by atoms with van der Waals surface area (Å²) in [5.41, 5.74) is 2.40. The predicted octanol–water partition coefficient (Wildman–Crippen LogP) is 3.11. The number of carbonyl (C=O) groups is 1. The molecule has 5 aliphatic rings. The third-order valence-corrected chi connectivity index (χ3v) is 6.43. The van der Waals surface area contributed by atoms with Crippen molar-refractivity contribution in [2.24, 2.45) is 17.8 Å². The second-order valence-corrected chi connectivity index (χ2v) is 8.41. The van der Waals surface area contributed by atoms with Gasteiger partial charge in [0.05, 0.1) is 11.7 Å². The SMILES string of the molecule is CC1CC(C(=O)N2CC3CCC2c2cnc(NCC4CC4)nc23)C1. The van der Waals surface area contributed by atoms with Gasteiger partial charge in [-0.25, -0.2) is 9.97 Å². The zero-order chi connectivity index (χ0) is 16.3. The maximum absolute atomic E-state index is 12.8. The molecule has 2 saturated carbocycles. The van der Waals surface area contributed by atoms with Crippen LogP contribution in [0.5, 0.6) is 0 Å². The molecule has 1 aromatic rings. The van der Waals surface area contributed by atoms with E-state index in [0.29, 0.717) is 11.8 Å². The van der Waals surface area contributed by atoms with Gasteiger partial charge in [-0.3, -0.25) is 4.79 Å². The highest BCUT2D eigenvalue weighted by Gasteiger charge is 2.45. The first-order valence-corrected chi connectivity index (χ1v) is 9.60. The Hall–Kier alpha value is -1.65. The number of rotatable bonds is 4. The summed E-state index contributed by atoms with van der Waals surface area (Å²) < 4.78 is 0. The van der Waals surface area contributed by atoms with E-state index in [1.54, 1.807) is 0 Å². The first-order chi connectivity index (χ1) is 11.7. The van der Waals surface area contributed by atoms with Gasteiger partial charge < -0.3 is 10.2 Å². The molecule has 1 amide bonds. The molecule has 2 bridgehead atoms. The smallest absolute Gasteiger partial charge is 0.226 e. The molecule has 128 valence electrons. The van der Waals surface area contributed by atoms with Crippen molar-refractivity contribution in [2.45, 2.75) is 57.4 Å². The number of fused-ring (bicyclic) bond motifs is 2. The standard InChI is InChI=1S/C19H26N4O/c1-11-6-14(7-11)18(24)23-10-13-4-5-16(23)15-9-21-19(22-17(13)15)20-8-12-2-3-12/h9,11-14,16H,2-8,10H2,1H3,(H,20,21,22). The van der Waals surface area contributed by atoms with Crippen LogP contribution < -0.4 is 5.32 Å². The third kappa shape index (κ3) is 2.40. The van der Waals surface area contributed by atoms with Gasteiger partial charge in [-0.15, -0.1) is 0 Å². The molecule has 2 unspecified atom stereocenters. The van der Waals surface area contributed by atoms with E-state index in [4.69, 9.17) is 4.98 Å². The molecule has 3 aliphatic carbocycles. The summed E-state index contributed by atoms with van der Waals surface area (Å²) in [6.45, 7) is 4.10. The van der Waals surface area contributed by atoms with E-state index in [1.165, 1.54) is 24.1 Å². The van der Waals surface area contributed by atoms with Crippen molar-refractivity contribution in [3.63, 3.8) is 0 Å². The fraction of sp³-hybridized carbons (Fsp3) is 0.737. The van der Waals surface area contributed by atoms with E-state index in [2.05, 4.69) is 22.1 Å². The van der Waals surface area contributed by atoms with Gasteiger partial charge in [-0.1, -0.05) is 6.92 Å². The van der Waals surface area contributed by atoms with Crippen LogP contribution in [0, 0.1) is 17.8 Å². The number of aromatic nitrogens is 2. The van der Waals surface area contributed by atoms with Crippen LogP contribution >= 0.6 is 0 Å². The normalized spacial score (nSPS) is 33.8. The van der Waals surface area contributed by atoms with Crippen molar-refractivity contribution in [1.82, 2.24) is 14.9 Å². The van der Waals surface area contributed by atoms with Gasteiger partial charge in [0.15, 0.2) is 0 Å². The van der Waals surface area contributed by atoms with E-state index < -0.39 is 0 Å². The highest BCUT2D eigenvalue weighted by atomic mass is 16.2. The van der Waals surface area contributed by atoms with Gasteiger partial charge in [-0.2, -0.15) is 0 Å². The fourth-order valence-electron chi connectivity index (χ4n) is 4.73. The molecule has 5 heteroatoms. The lowest BCUT2D eigenvalue weighted by Gasteiger charge is -2.48. The van der Waals surface area contributed by atoms with Crippen LogP contribution in [0.25, 0.3) is 0 Å². The minimum absolute atomic E-state index is 0.214. The molecule has 24 heavy (non-hydrogen) atoms. The molecule has 1 N–H and O–H groups in total. The molecule has 0 aromatic carbocycles. The highest BCUT2D eigenvalue weighted by molar-refractivity contribution is 5.81. The van der Waals surface area contributed by atoms with Gasteiger partial charge in [0.1, 0.15) is 0 Å². The minimum Gasteiger partial charge on any atom is -0.354 e. The van der Waals surface area contributed by atoms with Crippen LogP contribution in [0.3, 0.4) is 0 Å². The average molecular weight is 326 g/mol. The molecule has 2 atom stereocenters. The largest absolute Gasteiger partial charge is 0.354 e. The van der Waals surface area contributed by atoms with Crippen molar-refractivity contribution >= 4 is 11.9 Å². The van der Waals surface area contributed by atoms with Crippen LogP contribution in [0.4, 0.5) is 5.95 Å². The molecular weight excluding hydrogens is 300 g/mol. The van der Waals surface area contributed by atoms with Crippen LogP contribution in [0.15, 0.2) is 6.20 Å². The Balaban J connectivity index is 1.35. The summed E-state index contributed by atoms with van der Waals surface area (Å²) in [5, 5.41) is 3.39. The molecule has 0 radical (unpaired) electrons. The molecule has 5 nitrogen and oxygen atoms in total. The number of hydrogen-bond acceptors (Lipinski definition) is 4. The van der Waals surface area contributed by atoms with Gasteiger partial charge in [-0.05, 0) is 50.4 Å². The Labute approximate surface area is 143 Å². The first-order valence-electron chi connectivity index (χ1n) is 9.60. The summed E-state index contributed by atoms with van der Waals surface area (Å²) in [5.74, 6) is 3.36. The quantitative estimate of drug-likeness (QED) is 0.923. The van der Waals surface area contributed by atoms with Gasteiger partial charge in [0.25, 0.3) is 0 Å². The summed E-state index contributed by atoms with van der Waals surface area (Å²) in [7, 11) is 0. The lowest BCUT2D eigenvalue weighted by atomic mass is 9.73. The van der Waals surface area contributed by atoms with Crippen molar-refractivity contribution in [3.8, 4) is 0 Å². The van der Waals surface area contributed by atoms with Crippen molar-refractivity contribution in [2.75, 3.05) is 18.4 Å². The second kappa shape index (κ2) is 5.43. The summed E-state index contributed by atoms with van der Waals surface area (Å²) >= 11 is 0. The van der Waals surface area contributed by atoms with Crippen LogP contribution in [0.1, 0.15) is 68.7 Å². The summed E-state index contributed by atoms with van der Waals surface area (Å²) in [6.07, 6.45) is 9.02. The monoisotopic (exact) mass is 326 g/mol. The summed E-state index contributed by atoms with van der Waals surface area (Å²) in [4.78, 5) is 24.4. The topological polar surface area (TPSA) is 58.1 Å². The molecule has 6 rings (SSSR count). The van der Waals surface area contributed by atoms with E-state index in [1.807, 2.05) is 6.20 Å².